The average Bonchev–Trinajstić information content (AvgIpc) is 3.32. The predicted octanol–water partition coefficient (Wildman–Crippen LogP) is 7.46. The maximum Gasteiger partial charge on any atom is 0.261 e. The third-order valence-electron chi connectivity index (χ3n) is 11.6. The number of hydrogen-bond donors (Lipinski definition) is 1. The van der Waals surface area contributed by atoms with Crippen molar-refractivity contribution in [3.05, 3.63) is 142 Å². The number of nitrogens with zero attached hydrogens (tertiary/aromatic N) is 4. The molecule has 2 aliphatic rings. The van der Waals surface area contributed by atoms with Crippen LogP contribution in [0.4, 0.5) is 0 Å². The Hall–Kier alpha value is -6.53. The molecule has 0 bridgehead atoms. The Bertz CT molecular complexity index is 2540. The van der Waals surface area contributed by atoms with Crippen molar-refractivity contribution in [3.63, 3.8) is 0 Å². The summed E-state index contributed by atoms with van der Waals surface area (Å²) in [5, 5.41) is 12.8. The van der Waals surface area contributed by atoms with Gasteiger partial charge >= 0.3 is 0 Å². The third-order valence-corrected chi connectivity index (χ3v) is 13.6. The standard InChI is InChI=1S/C50H52N5O10P/c1-31(2)55(32(3)4)66(64-27-11-26-51)65-30-36(29-63-50(33-12-9-8-10-13-33,34-14-18-37(61-6)19-15-34)35-16-20-38(62-7)21-17-35)52-43(56)28-54-48(59)41-24-22-39-44-40(47(58)53(5)46(39)57)23-25-42(45(41)44)49(54)60/h8-10,12-25,31-32,36H,11,27-30H2,1-7H3,(H,52,56). The van der Waals surface area contributed by atoms with Crippen LogP contribution < -0.4 is 14.8 Å². The lowest BCUT2D eigenvalue weighted by Crippen LogP contribution is -2.51. The van der Waals surface area contributed by atoms with Crippen LogP contribution in [0.25, 0.3) is 10.8 Å². The number of nitriles is 1. The first kappa shape index (κ1) is 47.4. The van der Waals surface area contributed by atoms with Crippen molar-refractivity contribution >= 4 is 48.8 Å². The Kier molecular flexibility index (Phi) is 14.6. The van der Waals surface area contributed by atoms with E-state index in [1.54, 1.807) is 14.2 Å². The number of rotatable bonds is 20. The summed E-state index contributed by atoms with van der Waals surface area (Å²) in [5.74, 6) is -2.02. The monoisotopic (exact) mass is 913 g/mol. The fraction of sp³-hybridized carbons (Fsp3) is 0.320. The van der Waals surface area contributed by atoms with Crippen molar-refractivity contribution in [3.8, 4) is 17.6 Å². The van der Waals surface area contributed by atoms with Crippen LogP contribution in [-0.4, -0.2) is 110 Å². The van der Waals surface area contributed by atoms with E-state index in [2.05, 4.69) is 16.1 Å². The molecule has 0 aromatic heterocycles. The van der Waals surface area contributed by atoms with Gasteiger partial charge < -0.3 is 28.6 Å². The molecule has 66 heavy (non-hydrogen) atoms. The SMILES string of the molecule is COc1ccc(C(OCC(COP(OCCC#N)N(C(C)C)C(C)C)NC(=O)CN2C(=O)c3ccc4c5c(ccc(c35)C2=O)C(=O)N(C)C4=O)(c2ccccc2)c2ccc(OC)cc2)cc1. The lowest BCUT2D eigenvalue weighted by atomic mass is 9.80. The second-order valence-electron chi connectivity index (χ2n) is 16.4. The van der Waals surface area contributed by atoms with Crippen molar-refractivity contribution in [1.82, 2.24) is 19.8 Å². The van der Waals surface area contributed by atoms with E-state index < -0.39 is 56.2 Å². The van der Waals surface area contributed by atoms with Gasteiger partial charge in [-0.25, -0.2) is 4.67 Å². The zero-order chi connectivity index (χ0) is 47.3. The Morgan fingerprint density at radius 1 is 0.682 bits per heavy atom. The van der Waals surface area contributed by atoms with Crippen LogP contribution in [0, 0.1) is 11.3 Å². The molecule has 16 heteroatoms. The Balaban J connectivity index is 1.25. The molecule has 342 valence electrons. The number of imide groups is 2. The summed E-state index contributed by atoms with van der Waals surface area (Å²) in [5.41, 5.74) is 1.55. The van der Waals surface area contributed by atoms with Crippen molar-refractivity contribution in [2.45, 2.75) is 57.8 Å². The molecule has 2 atom stereocenters. The van der Waals surface area contributed by atoms with Gasteiger partial charge in [0.1, 0.15) is 23.6 Å². The highest BCUT2D eigenvalue weighted by molar-refractivity contribution is 7.44. The molecule has 2 aliphatic heterocycles. The molecule has 0 saturated carbocycles. The van der Waals surface area contributed by atoms with Gasteiger partial charge in [-0.1, -0.05) is 54.6 Å². The fourth-order valence-corrected chi connectivity index (χ4v) is 10.2. The van der Waals surface area contributed by atoms with Crippen LogP contribution in [0.1, 0.15) is 92.2 Å². The summed E-state index contributed by atoms with van der Waals surface area (Å²) in [6.45, 7) is 7.21. The molecule has 0 saturated heterocycles. The molecule has 2 heterocycles. The molecule has 0 radical (unpaired) electrons. The maximum absolute atomic E-state index is 14.4. The quantitative estimate of drug-likeness (QED) is 0.0354. The fourth-order valence-electron chi connectivity index (χ4n) is 8.50. The number of ether oxygens (including phenoxy) is 3. The molecule has 15 nitrogen and oxygen atoms in total. The maximum atomic E-state index is 14.4. The smallest absolute Gasteiger partial charge is 0.261 e. The van der Waals surface area contributed by atoms with E-state index in [0.29, 0.717) is 11.5 Å². The lowest BCUT2D eigenvalue weighted by molar-refractivity contribution is -0.123. The van der Waals surface area contributed by atoms with E-state index in [1.807, 2.05) is 107 Å². The summed E-state index contributed by atoms with van der Waals surface area (Å²) >= 11 is 0. The normalized spacial score (nSPS) is 14.6. The lowest BCUT2D eigenvalue weighted by Gasteiger charge is -2.38. The highest BCUT2D eigenvalue weighted by Crippen LogP contribution is 2.47. The van der Waals surface area contributed by atoms with Gasteiger partial charge in [-0.05, 0) is 92.9 Å². The highest BCUT2D eigenvalue weighted by atomic mass is 31.2. The largest absolute Gasteiger partial charge is 0.497 e. The zero-order valence-corrected chi connectivity index (χ0v) is 38.8. The molecule has 0 spiro atoms. The van der Waals surface area contributed by atoms with E-state index in [1.165, 1.54) is 31.3 Å². The molecule has 7 rings (SSSR count). The minimum absolute atomic E-state index is 0.0138. The summed E-state index contributed by atoms with van der Waals surface area (Å²) < 4.78 is 33.1. The van der Waals surface area contributed by atoms with Crippen molar-refractivity contribution in [2.75, 3.05) is 47.6 Å². The molecule has 5 aromatic rings. The van der Waals surface area contributed by atoms with Gasteiger partial charge in [0, 0.05) is 52.2 Å². The number of hydrogen-bond acceptors (Lipinski definition) is 12. The number of methoxy groups -OCH3 is 2. The van der Waals surface area contributed by atoms with E-state index in [-0.39, 0.29) is 71.4 Å². The summed E-state index contributed by atoms with van der Waals surface area (Å²) in [6, 6.07) is 31.6. The zero-order valence-electron chi connectivity index (χ0n) is 37.9. The molecule has 0 aliphatic carbocycles. The number of amides is 5. The Morgan fingerprint density at radius 2 is 1.15 bits per heavy atom. The molecule has 5 aromatic carbocycles. The Morgan fingerprint density at radius 3 is 1.61 bits per heavy atom. The van der Waals surface area contributed by atoms with Crippen molar-refractivity contribution < 1.29 is 47.2 Å². The van der Waals surface area contributed by atoms with Gasteiger partial charge in [0.05, 0.1) is 52.6 Å². The number of benzene rings is 5. The first-order valence-corrected chi connectivity index (χ1v) is 22.7. The highest BCUT2D eigenvalue weighted by Gasteiger charge is 2.42. The van der Waals surface area contributed by atoms with Crippen LogP contribution in [0.3, 0.4) is 0 Å². The van der Waals surface area contributed by atoms with E-state index in [9.17, 15) is 29.2 Å². The third kappa shape index (κ3) is 9.16. The minimum atomic E-state index is -1.77. The van der Waals surface area contributed by atoms with Gasteiger partial charge in [-0.2, -0.15) is 5.26 Å². The van der Waals surface area contributed by atoms with Gasteiger partial charge in [0.25, 0.3) is 32.2 Å². The van der Waals surface area contributed by atoms with Crippen LogP contribution in [0.15, 0.2) is 103 Å². The van der Waals surface area contributed by atoms with Gasteiger partial charge in [-0.15, -0.1) is 0 Å². The second-order valence-corrected chi connectivity index (χ2v) is 17.8. The summed E-state index contributed by atoms with van der Waals surface area (Å²) in [7, 11) is 2.78. The molecular formula is C50H52N5O10P. The topological polar surface area (TPSA) is 177 Å². The molecule has 0 fully saturated rings. The number of carbonyl (C=O) groups is 5. The Labute approximate surface area is 385 Å². The van der Waals surface area contributed by atoms with Crippen molar-refractivity contribution in [2.24, 2.45) is 0 Å². The molecule has 5 amide bonds. The first-order chi connectivity index (χ1) is 31.7. The first-order valence-electron chi connectivity index (χ1n) is 21.5. The minimum Gasteiger partial charge on any atom is -0.497 e. The average molecular weight is 914 g/mol. The molecule has 1 N–H and O–H groups in total. The van der Waals surface area contributed by atoms with Gasteiger partial charge in [0.15, 0.2) is 0 Å². The van der Waals surface area contributed by atoms with Gasteiger partial charge in [-0.3, -0.25) is 33.8 Å². The number of nitrogens with one attached hydrogen (secondary N) is 1. The summed E-state index contributed by atoms with van der Waals surface area (Å²) in [4.78, 5) is 70.8. The molecule has 2 unspecified atom stereocenters. The van der Waals surface area contributed by atoms with Crippen molar-refractivity contribution in [1.29, 1.82) is 5.26 Å². The van der Waals surface area contributed by atoms with Crippen LogP contribution in [-0.2, 0) is 24.2 Å². The summed E-state index contributed by atoms with van der Waals surface area (Å²) in [6.07, 6.45) is 0.139. The van der Waals surface area contributed by atoms with Crippen LogP contribution in [0.5, 0.6) is 11.5 Å². The van der Waals surface area contributed by atoms with Crippen LogP contribution >= 0.6 is 8.53 Å². The van der Waals surface area contributed by atoms with E-state index in [0.717, 1.165) is 26.5 Å². The van der Waals surface area contributed by atoms with Gasteiger partial charge in [0.2, 0.25) is 5.91 Å². The van der Waals surface area contributed by atoms with E-state index in [4.69, 9.17) is 23.3 Å². The van der Waals surface area contributed by atoms with E-state index >= 15 is 0 Å². The predicted molar refractivity (Wildman–Crippen MR) is 247 cm³/mol. The van der Waals surface area contributed by atoms with Crippen LogP contribution in [0.2, 0.25) is 0 Å². The second kappa shape index (κ2) is 20.3. The number of carbonyl (C=O) groups excluding carboxylic acids is 5. The molecular weight excluding hydrogens is 862 g/mol.